The maximum absolute atomic E-state index is 5.00. The van der Waals surface area contributed by atoms with E-state index < -0.39 is 0 Å². The van der Waals surface area contributed by atoms with Crippen LogP contribution in [0.4, 0.5) is 0 Å². The van der Waals surface area contributed by atoms with E-state index in [9.17, 15) is 0 Å². The van der Waals surface area contributed by atoms with Crippen molar-refractivity contribution in [2.75, 3.05) is 0 Å². The number of aromatic nitrogens is 3. The van der Waals surface area contributed by atoms with Gasteiger partial charge in [0.25, 0.3) is 0 Å². The summed E-state index contributed by atoms with van der Waals surface area (Å²) < 4.78 is 4.81. The van der Waals surface area contributed by atoms with Crippen molar-refractivity contribution in [3.8, 4) is 11.4 Å². The normalized spacial score (nSPS) is 11.9. The number of pyridine rings is 1. The molecule has 0 amide bonds. The summed E-state index contributed by atoms with van der Waals surface area (Å²) >= 11 is 0. The van der Waals surface area contributed by atoms with Crippen molar-refractivity contribution in [1.29, 1.82) is 0 Å². The van der Waals surface area contributed by atoms with E-state index in [0.717, 1.165) is 22.4 Å². The molecule has 0 bridgehead atoms. The van der Waals surface area contributed by atoms with Crippen molar-refractivity contribution in [3.63, 3.8) is 0 Å². The van der Waals surface area contributed by atoms with E-state index in [0.29, 0.717) is 0 Å². The van der Waals surface area contributed by atoms with Gasteiger partial charge in [-0.1, -0.05) is 78.9 Å². The summed E-state index contributed by atoms with van der Waals surface area (Å²) in [5, 5.41) is 6.13. The van der Waals surface area contributed by atoms with Crippen LogP contribution in [0.25, 0.3) is 65.9 Å². The fourth-order valence-corrected chi connectivity index (χ4v) is 5.94. The molecule has 3 heterocycles. The third-order valence-electron chi connectivity index (χ3n) is 7.32. The van der Waals surface area contributed by atoms with Crippen LogP contribution in [0.1, 0.15) is 0 Å². The van der Waals surface area contributed by atoms with Crippen molar-refractivity contribution >= 4 is 54.5 Å². The summed E-state index contributed by atoms with van der Waals surface area (Å²) in [7, 11) is 0. The van der Waals surface area contributed by atoms with E-state index in [4.69, 9.17) is 4.98 Å². The highest BCUT2D eigenvalue weighted by molar-refractivity contribution is 6.36. The monoisotopic (exact) mass is 459 g/mol. The van der Waals surface area contributed by atoms with Gasteiger partial charge in [0.05, 0.1) is 27.6 Å². The lowest BCUT2D eigenvalue weighted by Gasteiger charge is -2.12. The molecule has 3 nitrogen and oxygen atoms in total. The highest BCUT2D eigenvalue weighted by Crippen LogP contribution is 2.45. The number of hydrogen-bond donors (Lipinski definition) is 0. The van der Waals surface area contributed by atoms with E-state index in [-0.39, 0.29) is 0 Å². The summed E-state index contributed by atoms with van der Waals surface area (Å²) in [6, 6.07) is 43.1. The van der Waals surface area contributed by atoms with Crippen molar-refractivity contribution in [2.24, 2.45) is 0 Å². The molecule has 0 N–H and O–H groups in total. The van der Waals surface area contributed by atoms with Gasteiger partial charge in [-0.25, -0.2) is 0 Å². The largest absolute Gasteiger partial charge is 0.309 e. The Morgan fingerprint density at radius 3 is 1.56 bits per heavy atom. The van der Waals surface area contributed by atoms with Crippen LogP contribution < -0.4 is 0 Å². The van der Waals surface area contributed by atoms with Crippen molar-refractivity contribution in [3.05, 3.63) is 128 Å². The predicted molar refractivity (Wildman–Crippen MR) is 150 cm³/mol. The first kappa shape index (κ1) is 19.4. The molecular formula is C33H21N3. The molecule has 0 aliphatic rings. The van der Waals surface area contributed by atoms with Crippen molar-refractivity contribution < 1.29 is 0 Å². The molecule has 168 valence electrons. The van der Waals surface area contributed by atoms with Crippen LogP contribution in [-0.2, 0) is 0 Å². The van der Waals surface area contributed by atoms with Crippen LogP contribution in [0.2, 0.25) is 0 Å². The first-order chi connectivity index (χ1) is 17.9. The lowest BCUT2D eigenvalue weighted by Crippen LogP contribution is -1.97. The molecule has 8 aromatic rings. The summed E-state index contributed by atoms with van der Waals surface area (Å²) in [6.07, 6.45) is 1.91. The minimum atomic E-state index is 1.02. The minimum absolute atomic E-state index is 1.02. The predicted octanol–water partition coefficient (Wildman–Crippen LogP) is 8.43. The Morgan fingerprint density at radius 1 is 0.417 bits per heavy atom. The van der Waals surface area contributed by atoms with E-state index in [1.54, 1.807) is 0 Å². The van der Waals surface area contributed by atoms with Crippen molar-refractivity contribution in [2.45, 2.75) is 0 Å². The van der Waals surface area contributed by atoms with Gasteiger partial charge in [0.15, 0.2) is 0 Å². The van der Waals surface area contributed by atoms with E-state index in [1.807, 2.05) is 6.20 Å². The molecule has 0 fully saturated rings. The first-order valence-electron chi connectivity index (χ1n) is 12.3. The second-order valence-corrected chi connectivity index (χ2v) is 9.22. The quantitative estimate of drug-likeness (QED) is 0.254. The molecular weight excluding hydrogens is 438 g/mol. The number of nitrogens with zero attached hydrogens (tertiary/aromatic N) is 3. The Labute approximate surface area is 207 Å². The van der Waals surface area contributed by atoms with Crippen molar-refractivity contribution in [1.82, 2.24) is 14.1 Å². The Bertz CT molecular complexity index is 2080. The van der Waals surface area contributed by atoms with E-state index in [1.165, 1.54) is 43.5 Å². The topological polar surface area (TPSA) is 22.8 Å². The van der Waals surface area contributed by atoms with Gasteiger partial charge in [-0.2, -0.15) is 0 Å². The molecule has 3 aromatic heterocycles. The fourth-order valence-electron chi connectivity index (χ4n) is 5.94. The maximum atomic E-state index is 5.00. The molecule has 0 atom stereocenters. The average molecular weight is 460 g/mol. The van der Waals surface area contributed by atoms with Gasteiger partial charge >= 0.3 is 0 Å². The number of hydrogen-bond acceptors (Lipinski definition) is 1. The average Bonchev–Trinajstić information content (AvgIpc) is 3.48. The SMILES string of the molecule is c1ccc(-n2c3ccccc3c3c2c2ncccc2c2c4ccccc4n(-c4ccccc4)c23)cc1. The molecule has 8 rings (SSSR count). The first-order valence-corrected chi connectivity index (χ1v) is 12.3. The van der Waals surface area contributed by atoms with Crippen LogP contribution in [0.5, 0.6) is 0 Å². The van der Waals surface area contributed by atoms with Gasteiger partial charge in [0.1, 0.15) is 0 Å². The zero-order valence-corrected chi connectivity index (χ0v) is 19.5. The maximum Gasteiger partial charge on any atom is 0.0956 e. The molecule has 0 aliphatic carbocycles. The highest BCUT2D eigenvalue weighted by Gasteiger charge is 2.24. The fraction of sp³-hybridized carbons (Fsp3) is 0. The highest BCUT2D eigenvalue weighted by atomic mass is 15.0. The molecule has 0 saturated carbocycles. The van der Waals surface area contributed by atoms with Crippen LogP contribution >= 0.6 is 0 Å². The van der Waals surface area contributed by atoms with Gasteiger partial charge in [-0.15, -0.1) is 0 Å². The van der Waals surface area contributed by atoms with E-state index >= 15 is 0 Å². The Hall–Kier alpha value is -4.89. The third kappa shape index (κ3) is 2.49. The van der Waals surface area contributed by atoms with Crippen LogP contribution in [0.3, 0.4) is 0 Å². The lowest BCUT2D eigenvalue weighted by atomic mass is 10.0. The standard InChI is InChI=1S/C33H21N3/c1-3-12-22(13-4-1)35-27-19-9-7-16-24(27)29-26-18-11-21-34-31(26)33-30(32(29)35)25-17-8-10-20-28(25)36(33)23-14-5-2-6-15-23/h1-21H. The van der Waals surface area contributed by atoms with Gasteiger partial charge in [-0.05, 0) is 42.5 Å². The summed E-state index contributed by atoms with van der Waals surface area (Å²) in [6.45, 7) is 0. The molecule has 0 radical (unpaired) electrons. The Kier molecular flexibility index (Phi) is 3.94. The zero-order chi connectivity index (χ0) is 23.6. The van der Waals surface area contributed by atoms with Crippen LogP contribution in [0.15, 0.2) is 128 Å². The molecule has 3 heteroatoms. The summed E-state index contributed by atoms with van der Waals surface area (Å²) in [4.78, 5) is 5.00. The Morgan fingerprint density at radius 2 is 0.917 bits per heavy atom. The molecule has 0 spiro atoms. The van der Waals surface area contributed by atoms with Gasteiger partial charge < -0.3 is 9.13 Å². The number of benzene rings is 5. The zero-order valence-electron chi connectivity index (χ0n) is 19.5. The Balaban J connectivity index is 1.77. The minimum Gasteiger partial charge on any atom is -0.309 e. The third-order valence-corrected chi connectivity index (χ3v) is 7.32. The molecule has 0 saturated heterocycles. The van der Waals surface area contributed by atoms with Gasteiger partial charge in [0, 0.05) is 44.5 Å². The number of fused-ring (bicyclic) bond motifs is 10. The lowest BCUT2D eigenvalue weighted by molar-refractivity contribution is 1.17. The molecule has 5 aromatic carbocycles. The number of para-hydroxylation sites is 4. The second-order valence-electron chi connectivity index (χ2n) is 9.22. The molecule has 36 heavy (non-hydrogen) atoms. The number of rotatable bonds is 2. The molecule has 0 aliphatic heterocycles. The summed E-state index contributed by atoms with van der Waals surface area (Å²) in [5.41, 5.74) is 8.07. The summed E-state index contributed by atoms with van der Waals surface area (Å²) in [5.74, 6) is 0. The molecule has 0 unspecified atom stereocenters. The smallest absolute Gasteiger partial charge is 0.0956 e. The second kappa shape index (κ2) is 7.30. The van der Waals surface area contributed by atoms with Crippen LogP contribution in [-0.4, -0.2) is 14.1 Å². The van der Waals surface area contributed by atoms with Crippen LogP contribution in [0, 0.1) is 0 Å². The van der Waals surface area contributed by atoms with Gasteiger partial charge in [-0.3, -0.25) is 4.98 Å². The van der Waals surface area contributed by atoms with E-state index in [2.05, 4.69) is 130 Å². The van der Waals surface area contributed by atoms with Gasteiger partial charge in [0.2, 0.25) is 0 Å².